The van der Waals surface area contributed by atoms with Crippen molar-refractivity contribution in [3.05, 3.63) is 11.4 Å². The van der Waals surface area contributed by atoms with Crippen LogP contribution in [0.4, 0.5) is 0 Å². The van der Waals surface area contributed by atoms with Gasteiger partial charge in [0.05, 0.1) is 18.2 Å². The van der Waals surface area contributed by atoms with Gasteiger partial charge in [-0.05, 0) is 12.8 Å². The number of nitrogens with zero attached hydrogens (tertiary/aromatic N) is 3. The summed E-state index contributed by atoms with van der Waals surface area (Å²) in [7, 11) is 3.40. The molecule has 1 aromatic rings. The van der Waals surface area contributed by atoms with Crippen molar-refractivity contribution in [1.29, 1.82) is 0 Å². The van der Waals surface area contributed by atoms with Crippen LogP contribution in [-0.4, -0.2) is 42.4 Å². The SMILES string of the molecule is COCCCCn1nnc(CCl)c1CCOC. The highest BCUT2D eigenvalue weighted by Gasteiger charge is 2.11. The first kappa shape index (κ1) is 14.4. The highest BCUT2D eigenvalue weighted by Crippen LogP contribution is 2.10. The van der Waals surface area contributed by atoms with Gasteiger partial charge in [0, 0.05) is 33.8 Å². The van der Waals surface area contributed by atoms with Gasteiger partial charge >= 0.3 is 0 Å². The Bertz CT molecular complexity index is 318. The number of hydrogen-bond acceptors (Lipinski definition) is 4. The van der Waals surface area contributed by atoms with Crippen LogP contribution in [0.3, 0.4) is 0 Å². The number of hydrogen-bond donors (Lipinski definition) is 0. The van der Waals surface area contributed by atoms with Crippen molar-refractivity contribution in [1.82, 2.24) is 15.0 Å². The second-order valence-electron chi connectivity index (χ2n) is 3.78. The van der Waals surface area contributed by atoms with Crippen molar-refractivity contribution < 1.29 is 9.47 Å². The van der Waals surface area contributed by atoms with Gasteiger partial charge in [0.15, 0.2) is 0 Å². The Morgan fingerprint density at radius 1 is 1.18 bits per heavy atom. The molecule has 0 radical (unpaired) electrons. The summed E-state index contributed by atoms with van der Waals surface area (Å²) in [4.78, 5) is 0. The molecular formula is C11H20ClN3O2. The molecule has 0 saturated carbocycles. The minimum Gasteiger partial charge on any atom is -0.385 e. The van der Waals surface area contributed by atoms with E-state index in [0.717, 1.165) is 43.8 Å². The van der Waals surface area contributed by atoms with E-state index in [2.05, 4.69) is 10.3 Å². The van der Waals surface area contributed by atoms with Crippen LogP contribution in [-0.2, 0) is 28.3 Å². The minimum atomic E-state index is 0.400. The van der Waals surface area contributed by atoms with E-state index in [1.807, 2.05) is 4.68 Å². The third-order valence-corrected chi connectivity index (χ3v) is 2.81. The molecule has 0 spiro atoms. The van der Waals surface area contributed by atoms with Gasteiger partial charge in [-0.1, -0.05) is 5.21 Å². The number of rotatable bonds is 9. The van der Waals surface area contributed by atoms with Gasteiger partial charge in [-0.25, -0.2) is 4.68 Å². The quantitative estimate of drug-likeness (QED) is 0.501. The molecule has 0 aromatic carbocycles. The molecular weight excluding hydrogens is 242 g/mol. The van der Waals surface area contributed by atoms with Crippen LogP contribution in [0, 0.1) is 0 Å². The average molecular weight is 262 g/mol. The maximum Gasteiger partial charge on any atom is 0.101 e. The van der Waals surface area contributed by atoms with E-state index in [0.29, 0.717) is 12.5 Å². The number of aromatic nitrogens is 3. The van der Waals surface area contributed by atoms with E-state index in [4.69, 9.17) is 21.1 Å². The van der Waals surface area contributed by atoms with Gasteiger partial charge < -0.3 is 9.47 Å². The fourth-order valence-corrected chi connectivity index (χ4v) is 1.84. The zero-order valence-electron chi connectivity index (χ0n) is 10.5. The highest BCUT2D eigenvalue weighted by molar-refractivity contribution is 6.16. The molecule has 98 valence electrons. The summed E-state index contributed by atoms with van der Waals surface area (Å²) in [6, 6.07) is 0. The molecule has 17 heavy (non-hydrogen) atoms. The number of alkyl halides is 1. The highest BCUT2D eigenvalue weighted by atomic mass is 35.5. The maximum absolute atomic E-state index is 5.83. The molecule has 0 amide bonds. The molecule has 1 rings (SSSR count). The Kier molecular flexibility index (Phi) is 7.16. The fourth-order valence-electron chi connectivity index (χ4n) is 1.63. The van der Waals surface area contributed by atoms with E-state index < -0.39 is 0 Å². The molecule has 5 nitrogen and oxygen atoms in total. The van der Waals surface area contributed by atoms with Gasteiger partial charge in [0.25, 0.3) is 0 Å². The van der Waals surface area contributed by atoms with Crippen LogP contribution in [0.2, 0.25) is 0 Å². The van der Waals surface area contributed by atoms with Crippen LogP contribution in [0.15, 0.2) is 0 Å². The maximum atomic E-state index is 5.83. The zero-order valence-corrected chi connectivity index (χ0v) is 11.2. The lowest BCUT2D eigenvalue weighted by atomic mass is 10.2. The van der Waals surface area contributed by atoms with E-state index in [1.54, 1.807) is 14.2 Å². The lowest BCUT2D eigenvalue weighted by Gasteiger charge is -2.06. The van der Waals surface area contributed by atoms with Crippen LogP contribution in [0.25, 0.3) is 0 Å². The van der Waals surface area contributed by atoms with Gasteiger partial charge in [-0.15, -0.1) is 16.7 Å². The topological polar surface area (TPSA) is 49.2 Å². The fraction of sp³-hybridized carbons (Fsp3) is 0.818. The summed E-state index contributed by atoms with van der Waals surface area (Å²) < 4.78 is 12.0. The predicted octanol–water partition coefficient (Wildman–Crippen LogP) is 1.63. The number of halogens is 1. The van der Waals surface area contributed by atoms with E-state index in [9.17, 15) is 0 Å². The minimum absolute atomic E-state index is 0.400. The molecule has 0 fully saturated rings. The second-order valence-corrected chi connectivity index (χ2v) is 4.05. The van der Waals surface area contributed by atoms with Gasteiger partial charge in [0.1, 0.15) is 5.69 Å². The van der Waals surface area contributed by atoms with Gasteiger partial charge in [-0.3, -0.25) is 0 Å². The van der Waals surface area contributed by atoms with Crippen molar-refractivity contribution in [2.24, 2.45) is 0 Å². The summed E-state index contributed by atoms with van der Waals surface area (Å²) in [5.41, 5.74) is 1.94. The van der Waals surface area contributed by atoms with Crippen LogP contribution in [0.1, 0.15) is 24.2 Å². The molecule has 0 aliphatic rings. The monoisotopic (exact) mass is 261 g/mol. The number of ether oxygens (including phenoxy) is 2. The average Bonchev–Trinajstić information content (AvgIpc) is 2.74. The molecule has 0 atom stereocenters. The second kappa shape index (κ2) is 8.44. The third-order valence-electron chi connectivity index (χ3n) is 2.56. The van der Waals surface area contributed by atoms with Crippen molar-refractivity contribution in [2.45, 2.75) is 31.7 Å². The van der Waals surface area contributed by atoms with Gasteiger partial charge in [-0.2, -0.15) is 0 Å². The smallest absolute Gasteiger partial charge is 0.101 e. The van der Waals surface area contributed by atoms with E-state index >= 15 is 0 Å². The Morgan fingerprint density at radius 3 is 2.59 bits per heavy atom. The summed E-state index contributed by atoms with van der Waals surface area (Å²) in [6.45, 7) is 2.30. The summed E-state index contributed by atoms with van der Waals surface area (Å²) in [5, 5.41) is 8.20. The molecule has 0 aliphatic carbocycles. The molecule has 0 bridgehead atoms. The molecule has 0 N–H and O–H groups in total. The third kappa shape index (κ3) is 4.61. The standard InChI is InChI=1S/C11H20ClN3O2/c1-16-7-4-3-6-15-11(5-8-17-2)10(9-12)13-14-15/h3-9H2,1-2H3. The molecule has 0 aliphatic heterocycles. The Hall–Kier alpha value is -0.650. The molecule has 1 heterocycles. The first-order valence-corrected chi connectivity index (χ1v) is 6.32. The summed E-state index contributed by atoms with van der Waals surface area (Å²) in [6.07, 6.45) is 2.85. The molecule has 0 unspecified atom stereocenters. The first-order chi connectivity index (χ1) is 8.33. The lowest BCUT2D eigenvalue weighted by molar-refractivity contribution is 0.189. The predicted molar refractivity (Wildman–Crippen MR) is 66.3 cm³/mol. The number of aryl methyl sites for hydroxylation is 1. The van der Waals surface area contributed by atoms with Crippen LogP contribution >= 0.6 is 11.6 Å². The van der Waals surface area contributed by atoms with Crippen molar-refractivity contribution in [3.63, 3.8) is 0 Å². The summed E-state index contributed by atoms with van der Waals surface area (Å²) >= 11 is 5.83. The van der Waals surface area contributed by atoms with Crippen molar-refractivity contribution >= 4 is 11.6 Å². The lowest BCUT2D eigenvalue weighted by Crippen LogP contribution is -2.09. The van der Waals surface area contributed by atoms with E-state index in [-0.39, 0.29) is 0 Å². The first-order valence-electron chi connectivity index (χ1n) is 5.78. The Balaban J connectivity index is 2.53. The van der Waals surface area contributed by atoms with E-state index in [1.165, 1.54) is 0 Å². The normalized spacial score (nSPS) is 11.0. The zero-order chi connectivity index (χ0) is 12.5. The number of methoxy groups -OCH3 is 2. The summed E-state index contributed by atoms with van der Waals surface area (Å²) in [5.74, 6) is 0.400. The van der Waals surface area contributed by atoms with Crippen molar-refractivity contribution in [3.8, 4) is 0 Å². The van der Waals surface area contributed by atoms with Crippen molar-refractivity contribution in [2.75, 3.05) is 27.4 Å². The molecule has 0 saturated heterocycles. The number of unbranched alkanes of at least 4 members (excludes halogenated alkanes) is 1. The molecule has 6 heteroatoms. The van der Waals surface area contributed by atoms with Crippen LogP contribution < -0.4 is 0 Å². The Morgan fingerprint density at radius 2 is 1.94 bits per heavy atom. The van der Waals surface area contributed by atoms with Gasteiger partial charge in [0.2, 0.25) is 0 Å². The Labute approximate surface area is 107 Å². The van der Waals surface area contributed by atoms with Crippen LogP contribution in [0.5, 0.6) is 0 Å². The molecule has 1 aromatic heterocycles. The largest absolute Gasteiger partial charge is 0.385 e.